The molecule has 1 aliphatic heterocycles. The Morgan fingerprint density at radius 2 is 1.91 bits per heavy atom. The molecule has 0 spiro atoms. The Hall–Kier alpha value is -1.55. The zero-order chi connectivity index (χ0) is 17.3. The molecule has 1 atom stereocenters. The van der Waals surface area contributed by atoms with Crippen LogP contribution in [0.4, 0.5) is 4.79 Å². The van der Waals surface area contributed by atoms with Crippen molar-refractivity contribution in [1.29, 1.82) is 0 Å². The summed E-state index contributed by atoms with van der Waals surface area (Å²) in [6.45, 7) is 14.5. The average molecular weight is 318 g/mol. The summed E-state index contributed by atoms with van der Waals surface area (Å²) < 4.78 is 5.50. The molecule has 1 aromatic rings. The highest BCUT2D eigenvalue weighted by atomic mass is 16.6. The van der Waals surface area contributed by atoms with Crippen LogP contribution in [0.15, 0.2) is 24.3 Å². The van der Waals surface area contributed by atoms with Crippen molar-refractivity contribution in [2.24, 2.45) is 0 Å². The summed E-state index contributed by atoms with van der Waals surface area (Å²) in [6, 6.07) is 8.79. The summed E-state index contributed by atoms with van der Waals surface area (Å²) in [6.07, 6.45) is -0.226. The van der Waals surface area contributed by atoms with E-state index in [4.69, 9.17) is 4.74 Å². The minimum atomic E-state index is -0.455. The van der Waals surface area contributed by atoms with E-state index in [0.29, 0.717) is 13.1 Å². The third-order valence-corrected chi connectivity index (χ3v) is 3.98. The minimum absolute atomic E-state index is 0.121. The number of amides is 1. The van der Waals surface area contributed by atoms with E-state index < -0.39 is 5.60 Å². The van der Waals surface area contributed by atoms with Crippen molar-refractivity contribution < 1.29 is 9.53 Å². The molecule has 0 aromatic heterocycles. The highest BCUT2D eigenvalue weighted by molar-refractivity contribution is 5.68. The number of nitrogens with one attached hydrogen (secondary N) is 1. The van der Waals surface area contributed by atoms with Gasteiger partial charge in [-0.25, -0.2) is 4.79 Å². The zero-order valence-electron chi connectivity index (χ0n) is 15.3. The van der Waals surface area contributed by atoms with Crippen LogP contribution in [0.3, 0.4) is 0 Å². The molecule has 0 radical (unpaired) electrons. The summed E-state index contributed by atoms with van der Waals surface area (Å²) in [5, 5.41) is 3.51. The van der Waals surface area contributed by atoms with Gasteiger partial charge in [0, 0.05) is 19.6 Å². The van der Waals surface area contributed by atoms with Gasteiger partial charge in [0.15, 0.2) is 0 Å². The molecule has 1 fully saturated rings. The van der Waals surface area contributed by atoms with E-state index in [1.807, 2.05) is 20.8 Å². The Morgan fingerprint density at radius 3 is 2.52 bits per heavy atom. The molecular weight excluding hydrogens is 288 g/mol. The van der Waals surface area contributed by atoms with E-state index >= 15 is 0 Å². The number of carbonyl (C=O) groups is 1. The van der Waals surface area contributed by atoms with Gasteiger partial charge in [-0.2, -0.15) is 0 Å². The van der Waals surface area contributed by atoms with Crippen molar-refractivity contribution >= 4 is 6.09 Å². The summed E-state index contributed by atoms with van der Waals surface area (Å²) in [5.41, 5.74) is 2.20. The average Bonchev–Trinajstić information content (AvgIpc) is 2.45. The molecule has 1 heterocycles. The lowest BCUT2D eigenvalue weighted by Crippen LogP contribution is -2.49. The van der Waals surface area contributed by atoms with E-state index in [0.717, 1.165) is 6.54 Å². The zero-order valence-corrected chi connectivity index (χ0v) is 15.3. The molecule has 1 unspecified atom stereocenters. The molecule has 1 saturated heterocycles. The summed E-state index contributed by atoms with van der Waals surface area (Å²) in [7, 11) is 0. The van der Waals surface area contributed by atoms with Crippen molar-refractivity contribution in [3.63, 3.8) is 0 Å². The van der Waals surface area contributed by atoms with E-state index in [2.05, 4.69) is 50.4 Å². The maximum Gasteiger partial charge on any atom is 0.410 e. The first kappa shape index (κ1) is 17.8. The van der Waals surface area contributed by atoms with Crippen molar-refractivity contribution in [3.8, 4) is 0 Å². The SMILES string of the molecule is CC(C)(C)OC(=O)N1CCNC(c2cccc(C(C)(C)C)c2)C1. The fraction of sp³-hybridized carbons (Fsp3) is 0.632. The molecule has 0 bridgehead atoms. The van der Waals surface area contributed by atoms with Crippen LogP contribution in [0.25, 0.3) is 0 Å². The number of benzene rings is 1. The van der Waals surface area contributed by atoms with E-state index in [-0.39, 0.29) is 17.6 Å². The van der Waals surface area contributed by atoms with E-state index in [1.165, 1.54) is 11.1 Å². The lowest BCUT2D eigenvalue weighted by atomic mass is 9.85. The standard InChI is InChI=1S/C19H30N2O2/c1-18(2,3)15-9-7-8-14(12-15)16-13-21(11-10-20-16)17(22)23-19(4,5)6/h7-9,12,16,20H,10-11,13H2,1-6H3. The van der Waals surface area contributed by atoms with Gasteiger partial charge in [0.1, 0.15) is 5.60 Å². The normalized spacial score (nSPS) is 19.6. The second-order valence-corrected chi connectivity index (χ2v) is 8.31. The first-order valence-corrected chi connectivity index (χ1v) is 8.38. The predicted octanol–water partition coefficient (Wildman–Crippen LogP) is 3.87. The Balaban J connectivity index is 2.11. The Bertz CT molecular complexity index is 555. The molecule has 0 aliphatic carbocycles. The third-order valence-electron chi connectivity index (χ3n) is 3.98. The lowest BCUT2D eigenvalue weighted by molar-refractivity contribution is 0.0195. The van der Waals surface area contributed by atoms with Crippen LogP contribution in [0.1, 0.15) is 58.7 Å². The lowest BCUT2D eigenvalue weighted by Gasteiger charge is -2.35. The number of nitrogens with zero attached hydrogens (tertiary/aromatic N) is 1. The molecule has 128 valence electrons. The molecule has 2 rings (SSSR count). The molecule has 0 saturated carbocycles. The Morgan fingerprint density at radius 1 is 1.22 bits per heavy atom. The molecule has 4 nitrogen and oxygen atoms in total. The maximum atomic E-state index is 12.3. The summed E-state index contributed by atoms with van der Waals surface area (Å²) in [5.74, 6) is 0. The molecule has 1 aromatic carbocycles. The van der Waals surface area contributed by atoms with Crippen LogP contribution in [-0.4, -0.2) is 36.2 Å². The number of rotatable bonds is 1. The monoisotopic (exact) mass is 318 g/mol. The van der Waals surface area contributed by atoms with Gasteiger partial charge in [0.25, 0.3) is 0 Å². The minimum Gasteiger partial charge on any atom is -0.444 e. The van der Waals surface area contributed by atoms with Crippen molar-refractivity contribution in [1.82, 2.24) is 10.2 Å². The number of carbonyl (C=O) groups excluding carboxylic acids is 1. The fourth-order valence-corrected chi connectivity index (χ4v) is 2.69. The van der Waals surface area contributed by atoms with Crippen LogP contribution in [0, 0.1) is 0 Å². The summed E-state index contributed by atoms with van der Waals surface area (Å²) >= 11 is 0. The van der Waals surface area contributed by atoms with Gasteiger partial charge >= 0.3 is 6.09 Å². The van der Waals surface area contributed by atoms with Crippen LogP contribution in [0.5, 0.6) is 0 Å². The van der Waals surface area contributed by atoms with Gasteiger partial charge in [-0.15, -0.1) is 0 Å². The molecule has 1 amide bonds. The van der Waals surface area contributed by atoms with Gasteiger partial charge in [0.05, 0.1) is 6.04 Å². The van der Waals surface area contributed by atoms with Crippen LogP contribution in [-0.2, 0) is 10.2 Å². The molecule has 1 aliphatic rings. The van der Waals surface area contributed by atoms with E-state index in [9.17, 15) is 4.79 Å². The topological polar surface area (TPSA) is 41.6 Å². The van der Waals surface area contributed by atoms with Crippen LogP contribution < -0.4 is 5.32 Å². The van der Waals surface area contributed by atoms with Gasteiger partial charge < -0.3 is 15.0 Å². The van der Waals surface area contributed by atoms with Crippen molar-refractivity contribution in [3.05, 3.63) is 35.4 Å². The predicted molar refractivity (Wildman–Crippen MR) is 93.7 cm³/mol. The maximum absolute atomic E-state index is 12.3. The van der Waals surface area contributed by atoms with Gasteiger partial charge in [-0.3, -0.25) is 0 Å². The summed E-state index contributed by atoms with van der Waals surface area (Å²) in [4.78, 5) is 14.1. The second-order valence-electron chi connectivity index (χ2n) is 8.31. The van der Waals surface area contributed by atoms with Crippen LogP contribution in [0.2, 0.25) is 0 Å². The van der Waals surface area contributed by atoms with Crippen molar-refractivity contribution in [2.75, 3.05) is 19.6 Å². The highest BCUT2D eigenvalue weighted by Crippen LogP contribution is 2.26. The quantitative estimate of drug-likeness (QED) is 0.855. The fourth-order valence-electron chi connectivity index (χ4n) is 2.69. The number of hydrogen-bond donors (Lipinski definition) is 1. The Labute approximate surface area is 140 Å². The largest absolute Gasteiger partial charge is 0.444 e. The first-order valence-electron chi connectivity index (χ1n) is 8.38. The molecule has 1 N–H and O–H groups in total. The molecule has 4 heteroatoms. The number of piperazine rings is 1. The Kier molecular flexibility index (Phi) is 5.04. The van der Waals surface area contributed by atoms with Crippen LogP contribution >= 0.6 is 0 Å². The van der Waals surface area contributed by atoms with Gasteiger partial charge in [-0.05, 0) is 37.3 Å². The van der Waals surface area contributed by atoms with Gasteiger partial charge in [0.2, 0.25) is 0 Å². The molecule has 23 heavy (non-hydrogen) atoms. The smallest absolute Gasteiger partial charge is 0.410 e. The number of ether oxygens (including phenoxy) is 1. The second kappa shape index (κ2) is 6.52. The van der Waals surface area contributed by atoms with E-state index in [1.54, 1.807) is 4.90 Å². The first-order chi connectivity index (χ1) is 10.6. The number of hydrogen-bond acceptors (Lipinski definition) is 3. The van der Waals surface area contributed by atoms with Gasteiger partial charge in [-0.1, -0.05) is 45.0 Å². The third kappa shape index (κ3) is 4.96. The van der Waals surface area contributed by atoms with Crippen molar-refractivity contribution in [2.45, 2.75) is 58.6 Å². The molecular formula is C19H30N2O2. The highest BCUT2D eigenvalue weighted by Gasteiger charge is 2.28.